The van der Waals surface area contributed by atoms with Gasteiger partial charge in [0.2, 0.25) is 15.9 Å². The number of amides is 1. The predicted molar refractivity (Wildman–Crippen MR) is 103 cm³/mol. The minimum atomic E-state index is -3.47. The van der Waals surface area contributed by atoms with Crippen molar-refractivity contribution in [1.82, 2.24) is 15.4 Å². The van der Waals surface area contributed by atoms with E-state index in [1.165, 1.54) is 31.8 Å². The van der Waals surface area contributed by atoms with E-state index < -0.39 is 10.0 Å². The molecular formula is C15H16ClN5O3S2. The number of rotatable bonds is 5. The summed E-state index contributed by atoms with van der Waals surface area (Å²) in [6.45, 7) is 2.98. The molecule has 0 aliphatic carbocycles. The molecule has 2 N–H and O–H groups in total. The average molecular weight is 414 g/mol. The standard InChI is InChI=1S/C15H16ClN5O3S2/c1-3-26(23,24)20-12-6-10(7-17-14(12)16)11-4-5-13-15(18-11)25-8-21(13)19-9(2)22/h4-7,20H,3,8H2,1-2H3,(H,19,22). The lowest BCUT2D eigenvalue weighted by Crippen LogP contribution is -2.39. The van der Waals surface area contributed by atoms with Gasteiger partial charge in [0.25, 0.3) is 0 Å². The Labute approximate surface area is 160 Å². The number of thioether (sulfide) groups is 1. The molecule has 1 amide bonds. The number of anilines is 2. The van der Waals surface area contributed by atoms with Crippen LogP contribution >= 0.6 is 23.4 Å². The van der Waals surface area contributed by atoms with Gasteiger partial charge in [0, 0.05) is 18.7 Å². The van der Waals surface area contributed by atoms with E-state index >= 15 is 0 Å². The molecule has 138 valence electrons. The lowest BCUT2D eigenvalue weighted by atomic mass is 10.2. The maximum atomic E-state index is 11.8. The number of aromatic nitrogens is 2. The Kier molecular flexibility index (Phi) is 5.26. The minimum Gasteiger partial charge on any atom is -0.280 e. The number of nitrogens with zero attached hydrogens (tertiary/aromatic N) is 3. The summed E-state index contributed by atoms with van der Waals surface area (Å²) in [7, 11) is -3.47. The molecule has 0 fully saturated rings. The number of nitrogens with one attached hydrogen (secondary N) is 2. The van der Waals surface area contributed by atoms with Crippen molar-refractivity contribution in [2.45, 2.75) is 18.9 Å². The Balaban J connectivity index is 1.92. The maximum absolute atomic E-state index is 11.8. The molecule has 3 heterocycles. The molecule has 8 nitrogen and oxygen atoms in total. The van der Waals surface area contributed by atoms with Crippen molar-refractivity contribution in [2.24, 2.45) is 0 Å². The van der Waals surface area contributed by atoms with E-state index in [4.69, 9.17) is 11.6 Å². The number of sulfonamides is 1. The fraction of sp³-hybridized carbons (Fsp3) is 0.267. The predicted octanol–water partition coefficient (Wildman–Crippen LogP) is 2.48. The van der Waals surface area contributed by atoms with Gasteiger partial charge < -0.3 is 0 Å². The summed E-state index contributed by atoms with van der Waals surface area (Å²) in [6.07, 6.45) is 1.53. The zero-order valence-corrected chi connectivity index (χ0v) is 16.4. The molecule has 3 rings (SSSR count). The third-order valence-corrected chi connectivity index (χ3v) is 6.09. The van der Waals surface area contributed by atoms with Crippen LogP contribution in [0.15, 0.2) is 29.4 Å². The Morgan fingerprint density at radius 2 is 2.19 bits per heavy atom. The summed E-state index contributed by atoms with van der Waals surface area (Å²) in [6, 6.07) is 5.23. The van der Waals surface area contributed by atoms with Crippen LogP contribution in [0.3, 0.4) is 0 Å². The van der Waals surface area contributed by atoms with Crippen LogP contribution in [0.2, 0.25) is 5.15 Å². The highest BCUT2D eigenvalue weighted by Crippen LogP contribution is 2.37. The van der Waals surface area contributed by atoms with Gasteiger partial charge in [-0.25, -0.2) is 18.4 Å². The van der Waals surface area contributed by atoms with Gasteiger partial charge >= 0.3 is 0 Å². The van der Waals surface area contributed by atoms with E-state index in [0.29, 0.717) is 17.1 Å². The Morgan fingerprint density at radius 3 is 2.88 bits per heavy atom. The van der Waals surface area contributed by atoms with Crippen molar-refractivity contribution in [2.75, 3.05) is 21.4 Å². The third kappa shape index (κ3) is 4.02. The molecule has 2 aromatic heterocycles. The SMILES string of the molecule is CCS(=O)(=O)Nc1cc(-c2ccc3c(n2)SCN3NC(C)=O)cnc1Cl. The van der Waals surface area contributed by atoms with E-state index in [1.807, 2.05) is 6.07 Å². The van der Waals surface area contributed by atoms with Crippen molar-refractivity contribution in [3.05, 3.63) is 29.5 Å². The van der Waals surface area contributed by atoms with Crippen LogP contribution < -0.4 is 15.2 Å². The summed E-state index contributed by atoms with van der Waals surface area (Å²) >= 11 is 7.49. The molecular weight excluding hydrogens is 398 g/mol. The first kappa shape index (κ1) is 18.7. The van der Waals surface area contributed by atoms with Crippen molar-refractivity contribution in [3.63, 3.8) is 0 Å². The number of hydrazine groups is 1. The van der Waals surface area contributed by atoms with Crippen LogP contribution in [0.5, 0.6) is 0 Å². The molecule has 26 heavy (non-hydrogen) atoms. The fourth-order valence-electron chi connectivity index (χ4n) is 2.28. The lowest BCUT2D eigenvalue weighted by molar-refractivity contribution is -0.119. The van der Waals surface area contributed by atoms with Gasteiger partial charge in [-0.05, 0) is 25.1 Å². The first-order valence-corrected chi connectivity index (χ1v) is 10.7. The zero-order chi connectivity index (χ0) is 18.9. The van der Waals surface area contributed by atoms with Crippen LogP contribution in [-0.4, -0.2) is 35.9 Å². The van der Waals surface area contributed by atoms with Gasteiger partial charge in [0.1, 0.15) is 5.03 Å². The van der Waals surface area contributed by atoms with Gasteiger partial charge in [0.15, 0.2) is 5.15 Å². The molecule has 0 spiro atoms. The van der Waals surface area contributed by atoms with Crippen molar-refractivity contribution >= 4 is 50.7 Å². The van der Waals surface area contributed by atoms with E-state index in [9.17, 15) is 13.2 Å². The molecule has 0 atom stereocenters. The van der Waals surface area contributed by atoms with Gasteiger partial charge in [-0.2, -0.15) is 0 Å². The number of hydrogen-bond acceptors (Lipinski definition) is 7. The molecule has 0 unspecified atom stereocenters. The molecule has 0 aromatic carbocycles. The molecule has 0 saturated carbocycles. The molecule has 2 aromatic rings. The molecule has 1 aliphatic rings. The quantitative estimate of drug-likeness (QED) is 0.725. The van der Waals surface area contributed by atoms with Crippen molar-refractivity contribution < 1.29 is 13.2 Å². The summed E-state index contributed by atoms with van der Waals surface area (Å²) in [5, 5.41) is 2.56. The largest absolute Gasteiger partial charge is 0.280 e. The Hall–Kier alpha value is -2.04. The second kappa shape index (κ2) is 7.29. The first-order valence-electron chi connectivity index (χ1n) is 7.64. The van der Waals surface area contributed by atoms with Gasteiger partial charge in [-0.15, -0.1) is 0 Å². The zero-order valence-electron chi connectivity index (χ0n) is 14.0. The molecule has 1 aliphatic heterocycles. The maximum Gasteiger partial charge on any atom is 0.235 e. The molecule has 0 saturated heterocycles. The highest BCUT2D eigenvalue weighted by molar-refractivity contribution is 7.99. The van der Waals surface area contributed by atoms with Crippen LogP contribution in [-0.2, 0) is 14.8 Å². The summed E-state index contributed by atoms with van der Waals surface area (Å²) in [5.41, 5.74) is 5.01. The first-order chi connectivity index (χ1) is 12.3. The number of halogens is 1. The van der Waals surface area contributed by atoms with Crippen molar-refractivity contribution in [3.8, 4) is 11.3 Å². The van der Waals surface area contributed by atoms with Gasteiger partial charge in [-0.3, -0.25) is 20.0 Å². The van der Waals surface area contributed by atoms with E-state index in [-0.39, 0.29) is 22.5 Å². The van der Waals surface area contributed by atoms with E-state index in [1.54, 1.807) is 17.1 Å². The van der Waals surface area contributed by atoms with E-state index in [0.717, 1.165) is 10.7 Å². The summed E-state index contributed by atoms with van der Waals surface area (Å²) in [5.74, 6) is 0.337. The number of pyridine rings is 2. The summed E-state index contributed by atoms with van der Waals surface area (Å²) < 4.78 is 26.0. The monoisotopic (exact) mass is 413 g/mol. The lowest BCUT2D eigenvalue weighted by Gasteiger charge is -2.17. The topological polar surface area (TPSA) is 104 Å². The third-order valence-electron chi connectivity index (χ3n) is 3.53. The Morgan fingerprint density at radius 1 is 1.42 bits per heavy atom. The van der Waals surface area contributed by atoms with Crippen LogP contribution in [0.25, 0.3) is 11.3 Å². The molecule has 0 bridgehead atoms. The average Bonchev–Trinajstić information content (AvgIpc) is 2.98. The van der Waals surface area contributed by atoms with Gasteiger partial charge in [-0.1, -0.05) is 23.4 Å². The van der Waals surface area contributed by atoms with Crippen LogP contribution in [0.4, 0.5) is 11.4 Å². The molecule has 0 radical (unpaired) electrons. The van der Waals surface area contributed by atoms with Crippen LogP contribution in [0.1, 0.15) is 13.8 Å². The Bertz CT molecular complexity index is 968. The fourth-order valence-corrected chi connectivity index (χ4v) is 4.07. The van der Waals surface area contributed by atoms with E-state index in [2.05, 4.69) is 20.1 Å². The number of carbonyl (C=O) groups is 1. The van der Waals surface area contributed by atoms with Crippen LogP contribution in [0, 0.1) is 0 Å². The number of fused-ring (bicyclic) bond motifs is 1. The number of hydrogen-bond donors (Lipinski definition) is 2. The highest BCUT2D eigenvalue weighted by atomic mass is 35.5. The second-order valence-corrected chi connectivity index (χ2v) is 8.76. The highest BCUT2D eigenvalue weighted by Gasteiger charge is 2.23. The number of carbonyl (C=O) groups excluding carboxylic acids is 1. The van der Waals surface area contributed by atoms with Gasteiger partial charge in [0.05, 0.1) is 28.7 Å². The second-order valence-electron chi connectivity index (χ2n) is 5.46. The minimum absolute atomic E-state index is 0.0677. The molecule has 11 heteroatoms. The normalized spacial score (nSPS) is 13.4. The summed E-state index contributed by atoms with van der Waals surface area (Å²) in [4.78, 5) is 19.9. The smallest absolute Gasteiger partial charge is 0.235 e. The van der Waals surface area contributed by atoms with Crippen molar-refractivity contribution in [1.29, 1.82) is 0 Å².